The zero-order valence-corrected chi connectivity index (χ0v) is 17.3. The van der Waals surface area contributed by atoms with Gasteiger partial charge in [0, 0.05) is 29.8 Å². The van der Waals surface area contributed by atoms with Gasteiger partial charge >= 0.3 is 0 Å². The van der Waals surface area contributed by atoms with Gasteiger partial charge in [-0.3, -0.25) is 9.48 Å². The van der Waals surface area contributed by atoms with Crippen LogP contribution < -0.4 is 15.8 Å². The van der Waals surface area contributed by atoms with Gasteiger partial charge in [-0.05, 0) is 30.3 Å². The molecular formula is C21H17F2N5O2S. The Bertz CT molecular complexity index is 1250. The van der Waals surface area contributed by atoms with Crippen LogP contribution in [0.25, 0.3) is 21.8 Å². The van der Waals surface area contributed by atoms with Crippen molar-refractivity contribution in [3.8, 4) is 27.6 Å². The molecule has 0 atom stereocenters. The number of carbonyl (C=O) groups is 1. The first-order chi connectivity index (χ1) is 14.9. The second-order valence-electron chi connectivity index (χ2n) is 6.54. The number of nitrogens with one attached hydrogen (secondary N) is 1. The summed E-state index contributed by atoms with van der Waals surface area (Å²) in [7, 11) is 3.13. The van der Waals surface area contributed by atoms with Crippen molar-refractivity contribution in [3.63, 3.8) is 0 Å². The predicted molar refractivity (Wildman–Crippen MR) is 115 cm³/mol. The molecule has 0 bridgehead atoms. The Balaban J connectivity index is 1.77. The van der Waals surface area contributed by atoms with Crippen molar-refractivity contribution in [2.24, 2.45) is 7.05 Å². The van der Waals surface area contributed by atoms with Crippen LogP contribution in [0.2, 0.25) is 0 Å². The Hall–Kier alpha value is -3.79. The van der Waals surface area contributed by atoms with Crippen molar-refractivity contribution in [2.75, 3.05) is 18.2 Å². The number of anilines is 2. The van der Waals surface area contributed by atoms with E-state index in [1.165, 1.54) is 29.2 Å². The third-order valence-electron chi connectivity index (χ3n) is 4.63. The lowest BCUT2D eigenvalue weighted by Crippen LogP contribution is -2.16. The SMILES string of the molecule is COc1ccc(-c2nccs2)cc1-c1c(N)c(C(=O)Nc2c(F)cccc2F)nn1C. The van der Waals surface area contributed by atoms with Gasteiger partial charge < -0.3 is 15.8 Å². The number of hydrogen-bond acceptors (Lipinski definition) is 6. The molecule has 158 valence electrons. The van der Waals surface area contributed by atoms with E-state index in [9.17, 15) is 13.6 Å². The molecule has 2 aromatic heterocycles. The van der Waals surface area contributed by atoms with Gasteiger partial charge in [0.2, 0.25) is 0 Å². The topological polar surface area (TPSA) is 95.1 Å². The monoisotopic (exact) mass is 441 g/mol. The molecule has 0 fully saturated rings. The van der Waals surface area contributed by atoms with E-state index >= 15 is 0 Å². The van der Waals surface area contributed by atoms with Crippen molar-refractivity contribution in [1.82, 2.24) is 14.8 Å². The van der Waals surface area contributed by atoms with E-state index in [1.54, 1.807) is 19.3 Å². The highest BCUT2D eigenvalue weighted by atomic mass is 32.1. The number of ether oxygens (including phenoxy) is 1. The van der Waals surface area contributed by atoms with Crippen LogP contribution in [0, 0.1) is 11.6 Å². The fourth-order valence-corrected chi connectivity index (χ4v) is 3.84. The summed E-state index contributed by atoms with van der Waals surface area (Å²) in [5.74, 6) is -2.12. The number of aromatic nitrogens is 3. The molecule has 0 spiro atoms. The normalized spacial score (nSPS) is 10.8. The van der Waals surface area contributed by atoms with Gasteiger partial charge in [-0.15, -0.1) is 11.3 Å². The minimum Gasteiger partial charge on any atom is -0.496 e. The van der Waals surface area contributed by atoms with Crippen molar-refractivity contribution in [3.05, 3.63) is 65.3 Å². The Kier molecular flexibility index (Phi) is 5.38. The second-order valence-corrected chi connectivity index (χ2v) is 7.43. The number of nitrogens with two attached hydrogens (primary N) is 1. The number of carbonyl (C=O) groups excluding carboxylic acids is 1. The van der Waals surface area contributed by atoms with Crippen LogP contribution in [0.5, 0.6) is 5.75 Å². The molecule has 7 nitrogen and oxygen atoms in total. The van der Waals surface area contributed by atoms with E-state index in [1.807, 2.05) is 17.5 Å². The Morgan fingerprint density at radius 2 is 1.97 bits per heavy atom. The molecule has 0 saturated heterocycles. The molecule has 2 aromatic carbocycles. The molecule has 0 radical (unpaired) electrons. The van der Waals surface area contributed by atoms with Crippen LogP contribution >= 0.6 is 11.3 Å². The Morgan fingerprint density at radius 1 is 1.23 bits per heavy atom. The molecule has 0 saturated carbocycles. The first-order valence-corrected chi connectivity index (χ1v) is 9.94. The minimum absolute atomic E-state index is 0.0475. The number of para-hydroxylation sites is 1. The number of amides is 1. The lowest BCUT2D eigenvalue weighted by Gasteiger charge is -2.11. The Labute approximate surface area is 180 Å². The average Bonchev–Trinajstić information content (AvgIpc) is 3.38. The number of benzene rings is 2. The van der Waals surface area contributed by atoms with E-state index in [2.05, 4.69) is 15.4 Å². The quantitative estimate of drug-likeness (QED) is 0.481. The smallest absolute Gasteiger partial charge is 0.278 e. The van der Waals surface area contributed by atoms with Crippen molar-refractivity contribution in [2.45, 2.75) is 0 Å². The van der Waals surface area contributed by atoms with Crippen LogP contribution in [-0.4, -0.2) is 27.8 Å². The number of hydrogen-bond donors (Lipinski definition) is 2. The summed E-state index contributed by atoms with van der Waals surface area (Å²) in [5.41, 5.74) is 7.43. The number of nitrogen functional groups attached to an aromatic ring is 1. The average molecular weight is 441 g/mol. The molecule has 0 aliphatic heterocycles. The maximum absolute atomic E-state index is 13.9. The molecule has 31 heavy (non-hydrogen) atoms. The van der Waals surface area contributed by atoms with E-state index in [0.717, 1.165) is 22.7 Å². The lowest BCUT2D eigenvalue weighted by atomic mass is 10.0. The molecule has 0 unspecified atom stereocenters. The maximum Gasteiger partial charge on any atom is 0.278 e. The first kappa shape index (κ1) is 20.5. The zero-order chi connectivity index (χ0) is 22.1. The Morgan fingerprint density at radius 3 is 2.61 bits per heavy atom. The zero-order valence-electron chi connectivity index (χ0n) is 16.5. The minimum atomic E-state index is -0.902. The molecule has 4 aromatic rings. The van der Waals surface area contributed by atoms with Crippen molar-refractivity contribution in [1.29, 1.82) is 0 Å². The second kappa shape index (κ2) is 8.15. The molecule has 4 rings (SSSR count). The van der Waals surface area contributed by atoms with Crippen molar-refractivity contribution < 1.29 is 18.3 Å². The molecule has 1 amide bonds. The number of thiazole rings is 1. The highest BCUT2D eigenvalue weighted by molar-refractivity contribution is 7.13. The highest BCUT2D eigenvalue weighted by Gasteiger charge is 2.25. The van der Waals surface area contributed by atoms with E-state index in [4.69, 9.17) is 10.5 Å². The fraction of sp³-hybridized carbons (Fsp3) is 0.0952. The van der Waals surface area contributed by atoms with Crippen molar-refractivity contribution >= 4 is 28.6 Å². The van der Waals surface area contributed by atoms with Crippen LogP contribution in [-0.2, 0) is 7.05 Å². The molecule has 10 heteroatoms. The van der Waals surface area contributed by atoms with Gasteiger partial charge in [-0.25, -0.2) is 13.8 Å². The summed E-state index contributed by atoms with van der Waals surface area (Å²) in [6, 6.07) is 8.76. The molecule has 0 aliphatic carbocycles. The van der Waals surface area contributed by atoms with E-state index < -0.39 is 23.2 Å². The van der Waals surface area contributed by atoms with Gasteiger partial charge in [0.25, 0.3) is 5.91 Å². The van der Waals surface area contributed by atoms with Crippen LogP contribution in [0.15, 0.2) is 48.0 Å². The number of rotatable bonds is 5. The summed E-state index contributed by atoms with van der Waals surface area (Å²) in [4.78, 5) is 17.0. The van der Waals surface area contributed by atoms with Crippen LogP contribution in [0.4, 0.5) is 20.2 Å². The van der Waals surface area contributed by atoms with Gasteiger partial charge in [0.05, 0.1) is 18.5 Å². The summed E-state index contributed by atoms with van der Waals surface area (Å²) < 4.78 is 34.7. The largest absolute Gasteiger partial charge is 0.496 e. The summed E-state index contributed by atoms with van der Waals surface area (Å²) >= 11 is 1.48. The number of nitrogens with zero attached hydrogens (tertiary/aromatic N) is 3. The predicted octanol–water partition coefficient (Wildman–Crippen LogP) is 4.33. The molecule has 2 heterocycles. The standard InChI is InChI=1S/C21H17F2N5O2S/c1-28-19(12-10-11(6-7-15(12)30-2)21-25-8-9-31-21)16(24)18(27-28)20(29)26-17-13(22)4-3-5-14(17)23/h3-10H,24H2,1-2H3,(H,26,29). The third kappa shape index (κ3) is 3.73. The van der Waals surface area contributed by atoms with Crippen LogP contribution in [0.3, 0.4) is 0 Å². The molecule has 0 aliphatic rings. The van der Waals surface area contributed by atoms with Crippen LogP contribution in [0.1, 0.15) is 10.5 Å². The number of aryl methyl sites for hydroxylation is 1. The van der Waals surface area contributed by atoms with Gasteiger partial charge in [0.15, 0.2) is 5.69 Å². The lowest BCUT2D eigenvalue weighted by molar-refractivity contribution is 0.102. The summed E-state index contributed by atoms with van der Waals surface area (Å²) in [5, 5.41) is 9.05. The maximum atomic E-state index is 13.9. The highest BCUT2D eigenvalue weighted by Crippen LogP contribution is 2.38. The number of methoxy groups -OCH3 is 1. The van der Waals surface area contributed by atoms with Gasteiger partial charge in [-0.1, -0.05) is 6.07 Å². The number of halogens is 2. The third-order valence-corrected chi connectivity index (χ3v) is 5.46. The van der Waals surface area contributed by atoms with Gasteiger partial charge in [-0.2, -0.15) is 5.10 Å². The summed E-state index contributed by atoms with van der Waals surface area (Å²) in [6.07, 6.45) is 1.70. The first-order valence-electron chi connectivity index (χ1n) is 9.06. The van der Waals surface area contributed by atoms with E-state index in [-0.39, 0.29) is 11.4 Å². The summed E-state index contributed by atoms with van der Waals surface area (Å²) in [6.45, 7) is 0. The van der Waals surface area contributed by atoms with E-state index in [0.29, 0.717) is 17.0 Å². The fourth-order valence-electron chi connectivity index (χ4n) is 3.21. The molecule has 3 N–H and O–H groups in total. The van der Waals surface area contributed by atoms with Gasteiger partial charge in [0.1, 0.15) is 28.1 Å². The molecular weight excluding hydrogens is 424 g/mol.